The highest BCUT2D eigenvalue weighted by Crippen LogP contribution is 2.45. The van der Waals surface area contributed by atoms with E-state index in [9.17, 15) is 14.7 Å². The van der Waals surface area contributed by atoms with Crippen LogP contribution in [0.2, 0.25) is 0 Å². The quantitative estimate of drug-likeness (QED) is 0.441. The zero-order valence-electron chi connectivity index (χ0n) is 18.2. The van der Waals surface area contributed by atoms with Crippen molar-refractivity contribution in [3.63, 3.8) is 0 Å². The molecule has 5 rings (SSSR count). The number of ether oxygens (including phenoxy) is 2. The average molecular weight is 478 g/mol. The summed E-state index contributed by atoms with van der Waals surface area (Å²) in [5.41, 5.74) is 4.99. The van der Waals surface area contributed by atoms with Crippen LogP contribution in [-0.2, 0) is 17.6 Å². The van der Waals surface area contributed by atoms with Crippen LogP contribution in [0.25, 0.3) is 27.5 Å². The van der Waals surface area contributed by atoms with E-state index in [0.717, 1.165) is 33.1 Å². The molecule has 1 aliphatic carbocycles. The first kappa shape index (κ1) is 21.6. The lowest BCUT2D eigenvalue weighted by Crippen LogP contribution is -2.10. The Labute approximate surface area is 197 Å². The number of aryl methyl sites for hydroxylation is 1. The first-order chi connectivity index (χ1) is 16.5. The molecule has 0 aliphatic heterocycles. The number of hydrogen-bond donors (Lipinski definition) is 2. The number of fused-ring (bicyclic) bond motifs is 3. The van der Waals surface area contributed by atoms with Gasteiger partial charge < -0.3 is 14.6 Å². The first-order valence-corrected chi connectivity index (χ1v) is 11.1. The number of aromatic nitrogens is 4. The van der Waals surface area contributed by atoms with Crippen molar-refractivity contribution >= 4 is 28.5 Å². The van der Waals surface area contributed by atoms with Crippen LogP contribution < -0.4 is 10.1 Å². The molecule has 0 unspecified atom stereocenters. The molecule has 34 heavy (non-hydrogen) atoms. The number of pyridine rings is 1. The van der Waals surface area contributed by atoms with Gasteiger partial charge in [-0.05, 0) is 43.2 Å². The predicted molar refractivity (Wildman–Crippen MR) is 125 cm³/mol. The van der Waals surface area contributed by atoms with Gasteiger partial charge >= 0.3 is 12.1 Å². The van der Waals surface area contributed by atoms with E-state index in [-0.39, 0.29) is 5.56 Å². The second-order valence-electron chi connectivity index (χ2n) is 7.43. The molecule has 0 spiro atoms. The molecule has 0 saturated carbocycles. The van der Waals surface area contributed by atoms with Crippen molar-refractivity contribution in [1.82, 2.24) is 19.7 Å². The molecule has 0 saturated heterocycles. The Bertz CT molecular complexity index is 1410. The fraction of sp³-hybridized carbons (Fsp3) is 0.174. The van der Waals surface area contributed by atoms with E-state index in [1.54, 1.807) is 23.1 Å². The van der Waals surface area contributed by atoms with Crippen molar-refractivity contribution in [3.05, 3.63) is 59.5 Å². The minimum Gasteiger partial charge on any atom is -0.494 e. The SMILES string of the molecule is COC(=O)Nc1nc2c(s1)-c1c(c(-c3cccnc3)nn1-c1ccc(C(=O)O)cc1OC)CC2. The Morgan fingerprint density at radius 1 is 1.21 bits per heavy atom. The van der Waals surface area contributed by atoms with Crippen molar-refractivity contribution in [2.24, 2.45) is 0 Å². The number of carboxylic acids is 1. The van der Waals surface area contributed by atoms with Gasteiger partial charge in [0, 0.05) is 23.5 Å². The summed E-state index contributed by atoms with van der Waals surface area (Å²) >= 11 is 1.33. The molecular weight excluding hydrogens is 458 g/mol. The van der Waals surface area contributed by atoms with Crippen LogP contribution >= 0.6 is 11.3 Å². The van der Waals surface area contributed by atoms with Gasteiger partial charge in [0.25, 0.3) is 0 Å². The van der Waals surface area contributed by atoms with Gasteiger partial charge in [0.05, 0.1) is 41.7 Å². The summed E-state index contributed by atoms with van der Waals surface area (Å²) in [5.74, 6) is -0.681. The molecule has 2 N–H and O–H groups in total. The highest BCUT2D eigenvalue weighted by atomic mass is 32.1. The van der Waals surface area contributed by atoms with E-state index in [1.165, 1.54) is 37.7 Å². The van der Waals surface area contributed by atoms with Gasteiger partial charge in [-0.2, -0.15) is 5.10 Å². The summed E-state index contributed by atoms with van der Waals surface area (Å²) in [4.78, 5) is 32.9. The van der Waals surface area contributed by atoms with Gasteiger partial charge in [-0.1, -0.05) is 11.3 Å². The number of nitrogens with zero attached hydrogens (tertiary/aromatic N) is 4. The third-order valence-corrected chi connectivity index (χ3v) is 6.51. The second kappa shape index (κ2) is 8.60. The van der Waals surface area contributed by atoms with Crippen molar-refractivity contribution in [1.29, 1.82) is 0 Å². The predicted octanol–water partition coefficient (Wildman–Crippen LogP) is 4.04. The van der Waals surface area contributed by atoms with Gasteiger partial charge in [0.1, 0.15) is 11.4 Å². The summed E-state index contributed by atoms with van der Waals surface area (Å²) in [5, 5.41) is 17.4. The molecular formula is C23H19N5O5S. The van der Waals surface area contributed by atoms with Crippen LogP contribution in [-0.4, -0.2) is 51.1 Å². The Morgan fingerprint density at radius 3 is 2.76 bits per heavy atom. The topological polar surface area (TPSA) is 128 Å². The molecule has 11 heteroatoms. The fourth-order valence-electron chi connectivity index (χ4n) is 3.96. The third-order valence-electron chi connectivity index (χ3n) is 5.49. The summed E-state index contributed by atoms with van der Waals surface area (Å²) < 4.78 is 12.0. The van der Waals surface area contributed by atoms with Crippen LogP contribution in [0.4, 0.5) is 9.93 Å². The van der Waals surface area contributed by atoms with Crippen molar-refractivity contribution in [2.45, 2.75) is 12.8 Å². The molecule has 1 aromatic carbocycles. The Kier molecular flexibility index (Phi) is 5.46. The minimum atomic E-state index is -1.05. The normalized spacial score (nSPS) is 11.9. The monoisotopic (exact) mass is 477 g/mol. The molecule has 10 nitrogen and oxygen atoms in total. The molecule has 0 bridgehead atoms. The first-order valence-electron chi connectivity index (χ1n) is 10.3. The van der Waals surface area contributed by atoms with E-state index in [2.05, 4.69) is 15.3 Å². The maximum Gasteiger partial charge on any atom is 0.413 e. The van der Waals surface area contributed by atoms with Crippen LogP contribution in [0.3, 0.4) is 0 Å². The van der Waals surface area contributed by atoms with Gasteiger partial charge in [-0.25, -0.2) is 19.3 Å². The fourth-order valence-corrected chi connectivity index (χ4v) is 5.01. The Hall–Kier alpha value is -4.25. The van der Waals surface area contributed by atoms with Gasteiger partial charge in [-0.3, -0.25) is 10.3 Å². The molecule has 172 valence electrons. The van der Waals surface area contributed by atoms with E-state index in [0.29, 0.717) is 29.4 Å². The highest BCUT2D eigenvalue weighted by molar-refractivity contribution is 7.19. The largest absolute Gasteiger partial charge is 0.494 e. The van der Waals surface area contributed by atoms with Crippen molar-refractivity contribution in [3.8, 4) is 33.3 Å². The maximum absolute atomic E-state index is 11.7. The lowest BCUT2D eigenvalue weighted by atomic mass is 9.95. The van der Waals surface area contributed by atoms with Crippen LogP contribution in [0, 0.1) is 0 Å². The number of carbonyl (C=O) groups excluding carboxylic acids is 1. The van der Waals surface area contributed by atoms with Crippen molar-refractivity contribution < 1.29 is 24.2 Å². The van der Waals surface area contributed by atoms with Crippen LogP contribution in [0.5, 0.6) is 5.75 Å². The number of aromatic carboxylic acids is 1. The number of hydrogen-bond acceptors (Lipinski definition) is 8. The maximum atomic E-state index is 11.7. The molecule has 4 aromatic rings. The number of methoxy groups -OCH3 is 2. The second-order valence-corrected chi connectivity index (χ2v) is 8.43. The summed E-state index contributed by atoms with van der Waals surface area (Å²) in [6, 6.07) is 8.44. The van der Waals surface area contributed by atoms with Gasteiger partial charge in [0.2, 0.25) is 0 Å². The van der Waals surface area contributed by atoms with Crippen LogP contribution in [0.15, 0.2) is 42.7 Å². The van der Waals surface area contributed by atoms with E-state index >= 15 is 0 Å². The molecule has 1 amide bonds. The number of rotatable bonds is 5. The number of thiazole rings is 1. The molecule has 3 aromatic heterocycles. The van der Waals surface area contributed by atoms with E-state index < -0.39 is 12.1 Å². The Balaban J connectivity index is 1.74. The zero-order valence-corrected chi connectivity index (χ0v) is 19.0. The smallest absolute Gasteiger partial charge is 0.413 e. The van der Waals surface area contributed by atoms with Crippen molar-refractivity contribution in [2.75, 3.05) is 19.5 Å². The number of nitrogens with one attached hydrogen (secondary N) is 1. The number of carbonyl (C=O) groups is 2. The molecule has 3 heterocycles. The number of anilines is 1. The number of amides is 1. The molecule has 1 aliphatic rings. The summed E-state index contributed by atoms with van der Waals surface area (Å²) in [6.45, 7) is 0. The van der Waals surface area contributed by atoms with E-state index in [1.807, 2.05) is 12.1 Å². The average Bonchev–Trinajstić information content (AvgIpc) is 3.44. The minimum absolute atomic E-state index is 0.108. The third kappa shape index (κ3) is 3.65. The molecule has 0 radical (unpaired) electrons. The summed E-state index contributed by atoms with van der Waals surface area (Å²) in [7, 11) is 2.78. The lowest BCUT2D eigenvalue weighted by Gasteiger charge is -2.16. The van der Waals surface area contributed by atoms with E-state index in [4.69, 9.17) is 14.6 Å². The van der Waals surface area contributed by atoms with Crippen LogP contribution in [0.1, 0.15) is 21.6 Å². The zero-order chi connectivity index (χ0) is 23.8. The summed E-state index contributed by atoms with van der Waals surface area (Å²) in [6.07, 6.45) is 4.22. The van der Waals surface area contributed by atoms with Gasteiger partial charge in [-0.15, -0.1) is 0 Å². The van der Waals surface area contributed by atoms with Gasteiger partial charge in [0.15, 0.2) is 5.13 Å². The standard InChI is InChI=1S/C23H19N5O5S/c1-32-17-10-12(21(29)30)5-8-16(17)28-19-14(18(27-28)13-4-3-9-24-11-13)6-7-15-20(19)34-22(25-15)26-23(31)33-2/h3-5,8-11H,6-7H2,1-2H3,(H,29,30)(H,25,26,31). The number of carboxylic acid groups (broad SMARTS) is 1. The molecule has 0 fully saturated rings. The number of benzene rings is 1. The highest BCUT2D eigenvalue weighted by Gasteiger charge is 2.31. The molecule has 0 atom stereocenters. The lowest BCUT2D eigenvalue weighted by molar-refractivity contribution is 0.0696. The Morgan fingerprint density at radius 2 is 2.06 bits per heavy atom.